The molecule has 0 aliphatic carbocycles. The highest BCUT2D eigenvalue weighted by Crippen LogP contribution is 2.26. The summed E-state index contributed by atoms with van der Waals surface area (Å²) in [6.45, 7) is 5.44. The fourth-order valence-corrected chi connectivity index (χ4v) is 1.60. The highest BCUT2D eigenvalue weighted by molar-refractivity contribution is 6.32. The number of hydrogen-bond acceptors (Lipinski definition) is 3. The van der Waals surface area contributed by atoms with Crippen LogP contribution in [0.5, 0.6) is 5.75 Å². The van der Waals surface area contributed by atoms with Crippen molar-refractivity contribution < 1.29 is 9.90 Å². The Bertz CT molecular complexity index is 408. The molecule has 0 heterocycles. The average molecular weight is 271 g/mol. The van der Waals surface area contributed by atoms with E-state index in [0.29, 0.717) is 24.7 Å². The molecule has 1 rings (SSSR count). The highest BCUT2D eigenvalue weighted by atomic mass is 35.5. The van der Waals surface area contributed by atoms with Crippen LogP contribution >= 0.6 is 11.6 Å². The van der Waals surface area contributed by atoms with Crippen LogP contribution in [0.25, 0.3) is 0 Å². The first kappa shape index (κ1) is 14.8. The lowest BCUT2D eigenvalue weighted by Gasteiger charge is -2.10. The van der Waals surface area contributed by atoms with E-state index in [4.69, 9.17) is 11.6 Å². The van der Waals surface area contributed by atoms with Crippen LogP contribution < -0.4 is 10.6 Å². The van der Waals surface area contributed by atoms with Gasteiger partial charge in [-0.3, -0.25) is 4.79 Å². The third kappa shape index (κ3) is 4.55. The van der Waals surface area contributed by atoms with E-state index in [1.54, 1.807) is 18.2 Å². The van der Waals surface area contributed by atoms with Crippen molar-refractivity contribution in [2.75, 3.05) is 13.1 Å². The van der Waals surface area contributed by atoms with Gasteiger partial charge in [0.15, 0.2) is 0 Å². The predicted molar refractivity (Wildman–Crippen MR) is 72.7 cm³/mol. The van der Waals surface area contributed by atoms with E-state index in [1.165, 1.54) is 0 Å². The summed E-state index contributed by atoms with van der Waals surface area (Å²) >= 11 is 5.80. The molecule has 0 aliphatic heterocycles. The minimum absolute atomic E-state index is 0.00183. The zero-order valence-corrected chi connectivity index (χ0v) is 11.4. The zero-order valence-electron chi connectivity index (χ0n) is 10.7. The lowest BCUT2D eigenvalue weighted by Crippen LogP contribution is -2.34. The standard InChI is InChI=1S/C13H19ClN2O2/c1-9(2)13(18)16-7-6-15-8-10-4-3-5-11(14)12(10)17/h3-5,9,15,17H,6-8H2,1-2H3,(H,16,18). The van der Waals surface area contributed by atoms with Gasteiger partial charge in [0.2, 0.25) is 5.91 Å². The molecule has 0 atom stereocenters. The Morgan fingerprint density at radius 1 is 1.39 bits per heavy atom. The number of nitrogens with one attached hydrogen (secondary N) is 2. The van der Waals surface area contributed by atoms with Crippen LogP contribution in [0.2, 0.25) is 5.02 Å². The first-order valence-electron chi connectivity index (χ1n) is 5.97. The van der Waals surface area contributed by atoms with Gasteiger partial charge in [-0.15, -0.1) is 0 Å². The molecule has 0 saturated heterocycles. The summed E-state index contributed by atoms with van der Waals surface area (Å²) in [4.78, 5) is 11.3. The van der Waals surface area contributed by atoms with Crippen LogP contribution in [0.1, 0.15) is 19.4 Å². The lowest BCUT2D eigenvalue weighted by molar-refractivity contribution is -0.123. The number of hydrogen-bond donors (Lipinski definition) is 3. The third-order valence-electron chi connectivity index (χ3n) is 2.51. The fourth-order valence-electron chi connectivity index (χ4n) is 1.40. The number of aromatic hydroxyl groups is 1. The second kappa shape index (κ2) is 7.24. The second-order valence-electron chi connectivity index (χ2n) is 4.37. The molecule has 0 bridgehead atoms. The minimum atomic E-state index is 0.00183. The highest BCUT2D eigenvalue weighted by Gasteiger charge is 2.06. The van der Waals surface area contributed by atoms with E-state index in [-0.39, 0.29) is 17.6 Å². The van der Waals surface area contributed by atoms with Gasteiger partial charge in [-0.05, 0) is 6.07 Å². The first-order valence-corrected chi connectivity index (χ1v) is 6.35. The maximum Gasteiger partial charge on any atom is 0.222 e. The first-order chi connectivity index (χ1) is 8.52. The van der Waals surface area contributed by atoms with Gasteiger partial charge in [0.1, 0.15) is 5.75 Å². The van der Waals surface area contributed by atoms with Crippen molar-refractivity contribution in [2.45, 2.75) is 20.4 Å². The van der Waals surface area contributed by atoms with Crippen molar-refractivity contribution in [1.82, 2.24) is 10.6 Å². The van der Waals surface area contributed by atoms with Gasteiger partial charge < -0.3 is 15.7 Å². The molecule has 0 unspecified atom stereocenters. The molecule has 0 aromatic heterocycles. The quantitative estimate of drug-likeness (QED) is 0.692. The summed E-state index contributed by atoms with van der Waals surface area (Å²) in [7, 11) is 0. The number of benzene rings is 1. The number of amides is 1. The van der Waals surface area contributed by atoms with Gasteiger partial charge in [0.25, 0.3) is 0 Å². The number of carbonyl (C=O) groups is 1. The van der Waals surface area contributed by atoms with Gasteiger partial charge in [-0.25, -0.2) is 0 Å². The lowest BCUT2D eigenvalue weighted by atomic mass is 10.2. The van der Waals surface area contributed by atoms with E-state index in [9.17, 15) is 9.90 Å². The van der Waals surface area contributed by atoms with E-state index in [1.807, 2.05) is 13.8 Å². The molecule has 0 aliphatic rings. The third-order valence-corrected chi connectivity index (χ3v) is 2.82. The van der Waals surface area contributed by atoms with Crippen LogP contribution in [0.4, 0.5) is 0 Å². The Morgan fingerprint density at radius 3 is 2.78 bits per heavy atom. The van der Waals surface area contributed by atoms with E-state index < -0.39 is 0 Å². The molecule has 18 heavy (non-hydrogen) atoms. The summed E-state index contributed by atoms with van der Waals surface area (Å²) in [6.07, 6.45) is 0. The van der Waals surface area contributed by atoms with Crippen LogP contribution in [-0.2, 0) is 11.3 Å². The minimum Gasteiger partial charge on any atom is -0.506 e. The summed E-state index contributed by atoms with van der Waals surface area (Å²) in [5, 5.41) is 16.0. The fraction of sp³-hybridized carbons (Fsp3) is 0.462. The molecule has 0 saturated carbocycles. The maximum absolute atomic E-state index is 11.3. The van der Waals surface area contributed by atoms with Gasteiger partial charge in [-0.2, -0.15) is 0 Å². The molecule has 0 fully saturated rings. The predicted octanol–water partition coefficient (Wildman–Crippen LogP) is 1.91. The van der Waals surface area contributed by atoms with E-state index in [0.717, 1.165) is 5.56 Å². The largest absolute Gasteiger partial charge is 0.506 e. The van der Waals surface area contributed by atoms with Crippen LogP contribution in [-0.4, -0.2) is 24.1 Å². The molecule has 3 N–H and O–H groups in total. The Morgan fingerprint density at radius 2 is 2.11 bits per heavy atom. The zero-order chi connectivity index (χ0) is 13.5. The van der Waals surface area contributed by atoms with Crippen molar-refractivity contribution in [3.63, 3.8) is 0 Å². The summed E-state index contributed by atoms with van der Waals surface area (Å²) in [6, 6.07) is 5.24. The maximum atomic E-state index is 11.3. The molecular weight excluding hydrogens is 252 g/mol. The van der Waals surface area contributed by atoms with Crippen molar-refractivity contribution in [1.29, 1.82) is 0 Å². The number of phenols is 1. The Kier molecular flexibility index (Phi) is 5.95. The van der Waals surface area contributed by atoms with Crippen molar-refractivity contribution >= 4 is 17.5 Å². The molecule has 5 heteroatoms. The summed E-state index contributed by atoms with van der Waals surface area (Å²) < 4.78 is 0. The number of phenolic OH excluding ortho intramolecular Hbond substituents is 1. The Hall–Kier alpha value is -1.26. The molecule has 4 nitrogen and oxygen atoms in total. The molecule has 0 spiro atoms. The van der Waals surface area contributed by atoms with Crippen molar-refractivity contribution in [3.8, 4) is 5.75 Å². The molecule has 0 radical (unpaired) electrons. The molecular formula is C13H19ClN2O2. The summed E-state index contributed by atoms with van der Waals surface area (Å²) in [5.41, 5.74) is 0.748. The van der Waals surface area contributed by atoms with E-state index in [2.05, 4.69) is 10.6 Å². The van der Waals surface area contributed by atoms with Gasteiger partial charge in [-0.1, -0.05) is 37.6 Å². The second-order valence-corrected chi connectivity index (χ2v) is 4.78. The number of halogens is 1. The molecule has 1 aromatic carbocycles. The van der Waals surface area contributed by atoms with Crippen molar-refractivity contribution in [2.24, 2.45) is 5.92 Å². The van der Waals surface area contributed by atoms with Crippen LogP contribution in [0.15, 0.2) is 18.2 Å². The smallest absolute Gasteiger partial charge is 0.222 e. The normalized spacial score (nSPS) is 10.7. The Balaban J connectivity index is 2.26. The van der Waals surface area contributed by atoms with Crippen molar-refractivity contribution in [3.05, 3.63) is 28.8 Å². The topological polar surface area (TPSA) is 61.4 Å². The SMILES string of the molecule is CC(C)C(=O)NCCNCc1cccc(Cl)c1O. The van der Waals surface area contributed by atoms with E-state index >= 15 is 0 Å². The summed E-state index contributed by atoms with van der Waals surface area (Å²) in [5.74, 6) is 0.155. The number of carbonyl (C=O) groups excluding carboxylic acids is 1. The van der Waals surface area contributed by atoms with Gasteiger partial charge >= 0.3 is 0 Å². The number of rotatable bonds is 6. The van der Waals surface area contributed by atoms with Gasteiger partial charge in [0.05, 0.1) is 5.02 Å². The average Bonchev–Trinajstić information content (AvgIpc) is 2.33. The van der Waals surface area contributed by atoms with Crippen LogP contribution in [0, 0.1) is 5.92 Å². The Labute approximate surface area is 112 Å². The number of para-hydroxylation sites is 1. The monoisotopic (exact) mass is 270 g/mol. The van der Waals surface area contributed by atoms with Gasteiger partial charge in [0, 0.05) is 31.1 Å². The molecule has 100 valence electrons. The molecule has 1 amide bonds. The van der Waals surface area contributed by atoms with Crippen LogP contribution in [0.3, 0.4) is 0 Å². The molecule has 1 aromatic rings.